The molecule has 0 radical (unpaired) electrons. The Bertz CT molecular complexity index is 805. The molecule has 0 saturated heterocycles. The highest BCUT2D eigenvalue weighted by molar-refractivity contribution is 9.10. The van der Waals surface area contributed by atoms with Crippen LogP contribution in [0, 0.1) is 0 Å². The maximum atomic E-state index is 12.0. The van der Waals surface area contributed by atoms with E-state index >= 15 is 0 Å². The van der Waals surface area contributed by atoms with Crippen molar-refractivity contribution < 1.29 is 4.79 Å². The first-order valence-corrected chi connectivity index (χ1v) is 9.84. The van der Waals surface area contributed by atoms with Crippen LogP contribution in [0.1, 0.15) is 12.8 Å². The first-order valence-electron chi connectivity index (χ1n) is 7.24. The molecular weight excluding hydrogens is 392 g/mol. The number of thiazole rings is 1. The van der Waals surface area contributed by atoms with Crippen molar-refractivity contribution in [2.24, 2.45) is 0 Å². The predicted molar refractivity (Wildman–Crippen MR) is 102 cm³/mol. The number of carbonyl (C=O) groups excluding carboxylic acids is 1. The second-order valence-electron chi connectivity index (χ2n) is 4.94. The number of anilines is 1. The van der Waals surface area contributed by atoms with E-state index < -0.39 is 0 Å². The molecule has 3 nitrogen and oxygen atoms in total. The lowest BCUT2D eigenvalue weighted by Gasteiger charge is -2.02. The van der Waals surface area contributed by atoms with Gasteiger partial charge in [0.2, 0.25) is 5.91 Å². The number of rotatable bonds is 6. The summed E-state index contributed by atoms with van der Waals surface area (Å²) in [6.07, 6.45) is 1.36. The van der Waals surface area contributed by atoms with Gasteiger partial charge in [0.1, 0.15) is 0 Å². The molecular formula is C17H15BrN2OS2. The molecule has 0 unspecified atom stereocenters. The standard InChI is InChI=1S/C17H15BrN2OS2/c18-12-8-9-14-15(11-12)23-17(19-14)20-16(21)7-4-10-22-13-5-2-1-3-6-13/h1-3,5-6,8-9,11H,4,7,10H2,(H,19,20,21). The van der Waals surface area contributed by atoms with Crippen LogP contribution in [0.15, 0.2) is 57.9 Å². The molecule has 0 aliphatic carbocycles. The molecule has 1 heterocycles. The minimum Gasteiger partial charge on any atom is -0.302 e. The predicted octanol–water partition coefficient (Wildman–Crippen LogP) is 5.57. The molecule has 0 aliphatic rings. The van der Waals surface area contributed by atoms with Gasteiger partial charge in [0.05, 0.1) is 10.2 Å². The van der Waals surface area contributed by atoms with Crippen LogP contribution in [0.4, 0.5) is 5.13 Å². The maximum absolute atomic E-state index is 12.0. The number of hydrogen-bond acceptors (Lipinski definition) is 4. The Morgan fingerprint density at radius 3 is 2.87 bits per heavy atom. The Hall–Kier alpha value is -1.37. The van der Waals surface area contributed by atoms with Crippen LogP contribution in [-0.2, 0) is 4.79 Å². The molecule has 0 spiro atoms. The van der Waals surface area contributed by atoms with E-state index in [-0.39, 0.29) is 5.91 Å². The molecule has 3 rings (SSSR count). The smallest absolute Gasteiger partial charge is 0.226 e. The zero-order valence-electron chi connectivity index (χ0n) is 12.3. The molecule has 1 N–H and O–H groups in total. The van der Waals surface area contributed by atoms with Crippen LogP contribution in [0.25, 0.3) is 10.2 Å². The van der Waals surface area contributed by atoms with Crippen LogP contribution in [-0.4, -0.2) is 16.6 Å². The molecule has 0 atom stereocenters. The molecule has 2 aromatic carbocycles. The van der Waals surface area contributed by atoms with Gasteiger partial charge in [0.15, 0.2) is 5.13 Å². The third-order valence-electron chi connectivity index (χ3n) is 3.16. The average molecular weight is 407 g/mol. The summed E-state index contributed by atoms with van der Waals surface area (Å²) >= 11 is 6.72. The van der Waals surface area contributed by atoms with Crippen molar-refractivity contribution in [1.29, 1.82) is 0 Å². The van der Waals surface area contributed by atoms with Crippen molar-refractivity contribution in [1.82, 2.24) is 4.98 Å². The van der Waals surface area contributed by atoms with Crippen molar-refractivity contribution in [2.75, 3.05) is 11.1 Å². The van der Waals surface area contributed by atoms with Crippen molar-refractivity contribution in [3.05, 3.63) is 53.0 Å². The summed E-state index contributed by atoms with van der Waals surface area (Å²) in [6, 6.07) is 16.2. The fraction of sp³-hybridized carbons (Fsp3) is 0.176. The highest BCUT2D eigenvalue weighted by atomic mass is 79.9. The van der Waals surface area contributed by atoms with Crippen LogP contribution in [0.3, 0.4) is 0 Å². The second kappa shape index (κ2) is 7.95. The van der Waals surface area contributed by atoms with Crippen molar-refractivity contribution in [3.8, 4) is 0 Å². The Morgan fingerprint density at radius 2 is 2.04 bits per heavy atom. The first kappa shape index (κ1) is 16.5. The minimum atomic E-state index is 0.0248. The monoisotopic (exact) mass is 406 g/mol. The van der Waals surface area contributed by atoms with Gasteiger partial charge >= 0.3 is 0 Å². The fourth-order valence-corrected chi connectivity index (χ4v) is 4.38. The van der Waals surface area contributed by atoms with Gasteiger partial charge in [-0.15, -0.1) is 11.8 Å². The van der Waals surface area contributed by atoms with E-state index in [1.807, 2.05) is 36.4 Å². The van der Waals surface area contributed by atoms with E-state index in [1.165, 1.54) is 16.2 Å². The quantitative estimate of drug-likeness (QED) is 0.429. The number of thioether (sulfide) groups is 1. The minimum absolute atomic E-state index is 0.0248. The first-order chi connectivity index (χ1) is 11.2. The number of fused-ring (bicyclic) bond motifs is 1. The van der Waals surface area contributed by atoms with Crippen molar-refractivity contribution in [2.45, 2.75) is 17.7 Å². The van der Waals surface area contributed by atoms with E-state index in [9.17, 15) is 4.79 Å². The highest BCUT2D eigenvalue weighted by Gasteiger charge is 2.08. The van der Waals surface area contributed by atoms with Gasteiger partial charge in [-0.25, -0.2) is 4.98 Å². The number of benzene rings is 2. The number of hydrogen-bond donors (Lipinski definition) is 1. The summed E-state index contributed by atoms with van der Waals surface area (Å²) in [5.74, 6) is 0.960. The van der Waals surface area contributed by atoms with Gasteiger partial charge < -0.3 is 5.32 Å². The fourth-order valence-electron chi connectivity index (χ4n) is 2.07. The van der Waals surface area contributed by atoms with Crippen LogP contribution in [0.5, 0.6) is 0 Å². The zero-order chi connectivity index (χ0) is 16.1. The Morgan fingerprint density at radius 1 is 1.22 bits per heavy atom. The van der Waals surface area contributed by atoms with Gasteiger partial charge in [-0.2, -0.15) is 0 Å². The lowest BCUT2D eigenvalue weighted by Crippen LogP contribution is -2.11. The average Bonchev–Trinajstić information content (AvgIpc) is 2.94. The summed E-state index contributed by atoms with van der Waals surface area (Å²) in [5.41, 5.74) is 0.910. The molecule has 0 bridgehead atoms. The van der Waals surface area contributed by atoms with E-state index in [0.717, 1.165) is 26.9 Å². The number of aromatic nitrogens is 1. The van der Waals surface area contributed by atoms with E-state index in [1.54, 1.807) is 11.8 Å². The summed E-state index contributed by atoms with van der Waals surface area (Å²) in [6.45, 7) is 0. The summed E-state index contributed by atoms with van der Waals surface area (Å²) in [7, 11) is 0. The van der Waals surface area contributed by atoms with E-state index in [4.69, 9.17) is 0 Å². The Kier molecular flexibility index (Phi) is 5.70. The summed E-state index contributed by atoms with van der Waals surface area (Å²) in [4.78, 5) is 17.7. The van der Waals surface area contributed by atoms with E-state index in [0.29, 0.717) is 11.6 Å². The maximum Gasteiger partial charge on any atom is 0.226 e. The van der Waals surface area contributed by atoms with E-state index in [2.05, 4.69) is 38.4 Å². The SMILES string of the molecule is O=C(CCCSc1ccccc1)Nc1nc2ccc(Br)cc2s1. The molecule has 0 fully saturated rings. The Labute approximate surface area is 151 Å². The van der Waals surface area contributed by atoms with Gasteiger partial charge in [-0.1, -0.05) is 45.5 Å². The number of carbonyl (C=O) groups is 1. The lowest BCUT2D eigenvalue weighted by atomic mass is 10.3. The van der Waals surface area contributed by atoms with Gasteiger partial charge in [0.25, 0.3) is 0 Å². The van der Waals surface area contributed by atoms with Crippen molar-refractivity contribution >= 4 is 60.3 Å². The molecule has 1 aromatic heterocycles. The number of nitrogens with one attached hydrogen (secondary N) is 1. The molecule has 23 heavy (non-hydrogen) atoms. The molecule has 0 aliphatic heterocycles. The molecule has 6 heteroatoms. The lowest BCUT2D eigenvalue weighted by molar-refractivity contribution is -0.116. The van der Waals surface area contributed by atoms with Gasteiger partial charge in [-0.05, 0) is 42.5 Å². The third kappa shape index (κ3) is 4.80. The molecule has 1 amide bonds. The zero-order valence-corrected chi connectivity index (χ0v) is 15.5. The summed E-state index contributed by atoms with van der Waals surface area (Å²) in [5, 5.41) is 3.56. The van der Waals surface area contributed by atoms with Gasteiger partial charge in [0, 0.05) is 15.8 Å². The second-order valence-corrected chi connectivity index (χ2v) is 8.06. The summed E-state index contributed by atoms with van der Waals surface area (Å²) < 4.78 is 2.08. The Balaban J connectivity index is 1.46. The normalized spacial score (nSPS) is 10.8. The third-order valence-corrected chi connectivity index (χ3v) is 5.68. The molecule has 3 aromatic rings. The van der Waals surface area contributed by atoms with Crippen LogP contribution < -0.4 is 5.32 Å². The number of nitrogens with zero attached hydrogens (tertiary/aromatic N) is 1. The molecule has 118 valence electrons. The van der Waals surface area contributed by atoms with Gasteiger partial charge in [-0.3, -0.25) is 4.79 Å². The highest BCUT2D eigenvalue weighted by Crippen LogP contribution is 2.28. The topological polar surface area (TPSA) is 42.0 Å². The number of halogens is 1. The molecule has 0 saturated carbocycles. The largest absolute Gasteiger partial charge is 0.302 e. The number of amides is 1. The van der Waals surface area contributed by atoms with Crippen LogP contribution >= 0.6 is 39.0 Å². The van der Waals surface area contributed by atoms with Crippen molar-refractivity contribution in [3.63, 3.8) is 0 Å². The van der Waals surface area contributed by atoms with Crippen LogP contribution in [0.2, 0.25) is 0 Å².